The number of halogens is 1. The summed E-state index contributed by atoms with van der Waals surface area (Å²) in [6.45, 7) is 5.66. The molecule has 2 heterocycles. The molecule has 20 heavy (non-hydrogen) atoms. The van der Waals surface area contributed by atoms with Crippen LogP contribution in [0.3, 0.4) is 0 Å². The zero-order valence-electron chi connectivity index (χ0n) is 11.2. The van der Waals surface area contributed by atoms with Gasteiger partial charge in [-0.25, -0.2) is 0 Å². The van der Waals surface area contributed by atoms with E-state index >= 15 is 0 Å². The monoisotopic (exact) mass is 339 g/mol. The molecule has 2 aliphatic heterocycles. The van der Waals surface area contributed by atoms with Crippen molar-refractivity contribution in [2.75, 3.05) is 39.3 Å². The second-order valence-electron chi connectivity index (χ2n) is 5.31. The van der Waals surface area contributed by atoms with Gasteiger partial charge in [0.05, 0.1) is 5.56 Å². The average Bonchev–Trinajstić information content (AvgIpc) is 2.41. The number of phenols is 1. The van der Waals surface area contributed by atoms with E-state index in [-0.39, 0.29) is 11.7 Å². The molecule has 0 aromatic heterocycles. The fourth-order valence-electron chi connectivity index (χ4n) is 2.75. The third-order valence-electron chi connectivity index (χ3n) is 4.01. The molecule has 2 fully saturated rings. The van der Waals surface area contributed by atoms with Gasteiger partial charge < -0.3 is 15.3 Å². The Bertz CT molecular complexity index is 511. The first-order valence-corrected chi connectivity index (χ1v) is 7.67. The summed E-state index contributed by atoms with van der Waals surface area (Å²) in [5, 5.41) is 13.1. The third kappa shape index (κ3) is 2.68. The number of carbonyl (C=O) groups is 1. The Balaban J connectivity index is 1.61. The van der Waals surface area contributed by atoms with Crippen molar-refractivity contribution in [3.63, 3.8) is 0 Å². The van der Waals surface area contributed by atoms with Gasteiger partial charge in [0, 0.05) is 49.8 Å². The largest absolute Gasteiger partial charge is 0.507 e. The molecule has 0 saturated carbocycles. The molecule has 0 unspecified atom stereocenters. The highest BCUT2D eigenvalue weighted by molar-refractivity contribution is 9.10. The highest BCUT2D eigenvalue weighted by Crippen LogP contribution is 2.26. The quantitative estimate of drug-likeness (QED) is 0.840. The second-order valence-corrected chi connectivity index (χ2v) is 6.23. The van der Waals surface area contributed by atoms with Crippen LogP contribution in [0.15, 0.2) is 22.7 Å². The van der Waals surface area contributed by atoms with Crippen LogP contribution >= 0.6 is 15.9 Å². The van der Waals surface area contributed by atoms with Gasteiger partial charge in [-0.1, -0.05) is 15.9 Å². The smallest absolute Gasteiger partial charge is 0.257 e. The number of benzene rings is 1. The van der Waals surface area contributed by atoms with E-state index in [1.807, 2.05) is 0 Å². The summed E-state index contributed by atoms with van der Waals surface area (Å²) in [6, 6.07) is 5.42. The van der Waals surface area contributed by atoms with E-state index in [1.165, 1.54) is 0 Å². The molecule has 0 radical (unpaired) electrons. The van der Waals surface area contributed by atoms with E-state index in [4.69, 9.17) is 0 Å². The summed E-state index contributed by atoms with van der Waals surface area (Å²) in [5.41, 5.74) is 0.373. The molecule has 0 aliphatic carbocycles. The van der Waals surface area contributed by atoms with E-state index in [9.17, 15) is 9.90 Å². The number of piperazine rings is 1. The van der Waals surface area contributed by atoms with E-state index in [1.54, 1.807) is 23.1 Å². The summed E-state index contributed by atoms with van der Waals surface area (Å²) in [7, 11) is 0. The molecule has 0 atom stereocenters. The van der Waals surface area contributed by atoms with E-state index in [2.05, 4.69) is 26.1 Å². The molecule has 1 aromatic carbocycles. The van der Waals surface area contributed by atoms with E-state index < -0.39 is 0 Å². The third-order valence-corrected chi connectivity index (χ3v) is 4.50. The second kappa shape index (κ2) is 5.71. The molecule has 2 N–H and O–H groups in total. The highest BCUT2D eigenvalue weighted by Gasteiger charge is 2.36. The molecule has 1 aromatic rings. The van der Waals surface area contributed by atoms with Crippen LogP contribution in [0.25, 0.3) is 0 Å². The van der Waals surface area contributed by atoms with Crippen molar-refractivity contribution >= 4 is 21.8 Å². The van der Waals surface area contributed by atoms with Crippen LogP contribution in [0.4, 0.5) is 0 Å². The van der Waals surface area contributed by atoms with Gasteiger partial charge in [0.25, 0.3) is 5.91 Å². The van der Waals surface area contributed by atoms with Crippen LogP contribution in [-0.4, -0.2) is 66.1 Å². The number of carbonyl (C=O) groups excluding carboxylic acids is 1. The van der Waals surface area contributed by atoms with Crippen LogP contribution in [0.2, 0.25) is 0 Å². The van der Waals surface area contributed by atoms with Crippen LogP contribution < -0.4 is 5.32 Å². The summed E-state index contributed by atoms with van der Waals surface area (Å²) in [5.74, 6) is -0.0426. The van der Waals surface area contributed by atoms with Crippen molar-refractivity contribution in [1.29, 1.82) is 0 Å². The molecule has 2 aliphatic rings. The Morgan fingerprint density at radius 3 is 2.70 bits per heavy atom. The van der Waals surface area contributed by atoms with Gasteiger partial charge in [-0.3, -0.25) is 9.69 Å². The first-order valence-electron chi connectivity index (χ1n) is 6.88. The Hall–Kier alpha value is -1.11. The van der Waals surface area contributed by atoms with E-state index in [0.717, 1.165) is 43.7 Å². The van der Waals surface area contributed by atoms with Gasteiger partial charge >= 0.3 is 0 Å². The lowest BCUT2D eigenvalue weighted by Gasteiger charge is -2.46. The number of amides is 1. The van der Waals surface area contributed by atoms with E-state index in [0.29, 0.717) is 11.6 Å². The number of rotatable bonds is 2. The van der Waals surface area contributed by atoms with Crippen LogP contribution in [0, 0.1) is 0 Å². The number of hydrogen-bond donors (Lipinski definition) is 2. The molecule has 0 bridgehead atoms. The first kappa shape index (κ1) is 13.9. The predicted molar refractivity (Wildman–Crippen MR) is 79.9 cm³/mol. The van der Waals surface area contributed by atoms with Gasteiger partial charge in [-0.15, -0.1) is 0 Å². The van der Waals surface area contributed by atoms with Gasteiger partial charge in [0.2, 0.25) is 0 Å². The predicted octanol–water partition coefficient (Wildman–Crippen LogP) is 0.884. The standard InChI is InChI=1S/C14H18BrN3O2/c15-10-1-2-13(19)12(7-10)14(20)18-8-11(9-18)17-5-3-16-4-6-17/h1-2,7,11,16,19H,3-6,8-9H2. The number of likely N-dealkylation sites (tertiary alicyclic amines) is 1. The normalized spacial score (nSPS) is 20.8. The fourth-order valence-corrected chi connectivity index (χ4v) is 3.11. The molecule has 6 heteroatoms. The maximum atomic E-state index is 12.3. The summed E-state index contributed by atoms with van der Waals surface area (Å²) < 4.78 is 0.804. The molecule has 5 nitrogen and oxygen atoms in total. The minimum Gasteiger partial charge on any atom is -0.507 e. The molecule has 0 spiro atoms. The van der Waals surface area contributed by atoms with Gasteiger partial charge in [0.1, 0.15) is 5.75 Å². The Kier molecular flexibility index (Phi) is 3.96. The topological polar surface area (TPSA) is 55.8 Å². The minimum absolute atomic E-state index is 0.0452. The maximum Gasteiger partial charge on any atom is 0.257 e. The summed E-state index contributed by atoms with van der Waals surface area (Å²) in [4.78, 5) is 16.6. The molecule has 2 saturated heterocycles. The number of hydrogen-bond acceptors (Lipinski definition) is 4. The van der Waals surface area contributed by atoms with Gasteiger partial charge in [-0.2, -0.15) is 0 Å². The van der Waals surface area contributed by atoms with Crippen molar-refractivity contribution < 1.29 is 9.90 Å². The fraction of sp³-hybridized carbons (Fsp3) is 0.500. The lowest BCUT2D eigenvalue weighted by Crippen LogP contribution is -2.63. The van der Waals surface area contributed by atoms with Crippen molar-refractivity contribution in [3.05, 3.63) is 28.2 Å². The molecule has 108 valence electrons. The van der Waals surface area contributed by atoms with Crippen LogP contribution in [-0.2, 0) is 0 Å². The zero-order chi connectivity index (χ0) is 14.1. The minimum atomic E-state index is -0.0878. The Labute approximate surface area is 126 Å². The molecule has 1 amide bonds. The van der Waals surface area contributed by atoms with Gasteiger partial charge in [0.15, 0.2) is 0 Å². The zero-order valence-corrected chi connectivity index (χ0v) is 12.8. The van der Waals surface area contributed by atoms with Crippen molar-refractivity contribution in [3.8, 4) is 5.75 Å². The lowest BCUT2D eigenvalue weighted by molar-refractivity contribution is 0.0225. The highest BCUT2D eigenvalue weighted by atomic mass is 79.9. The Morgan fingerprint density at radius 1 is 1.30 bits per heavy atom. The van der Waals surface area contributed by atoms with Gasteiger partial charge in [-0.05, 0) is 18.2 Å². The number of aromatic hydroxyl groups is 1. The van der Waals surface area contributed by atoms with Crippen molar-refractivity contribution in [1.82, 2.24) is 15.1 Å². The summed E-state index contributed by atoms with van der Waals surface area (Å²) in [6.07, 6.45) is 0. The lowest BCUT2D eigenvalue weighted by atomic mass is 10.0. The summed E-state index contributed by atoms with van der Waals surface area (Å²) >= 11 is 3.33. The number of nitrogens with one attached hydrogen (secondary N) is 1. The molecular weight excluding hydrogens is 322 g/mol. The average molecular weight is 340 g/mol. The maximum absolute atomic E-state index is 12.3. The number of nitrogens with zero attached hydrogens (tertiary/aromatic N) is 2. The van der Waals surface area contributed by atoms with Crippen LogP contribution in [0.5, 0.6) is 5.75 Å². The Morgan fingerprint density at radius 2 is 2.00 bits per heavy atom. The first-order chi connectivity index (χ1) is 9.65. The molecular formula is C14H18BrN3O2. The van der Waals surface area contributed by atoms with Crippen molar-refractivity contribution in [2.45, 2.75) is 6.04 Å². The number of phenolic OH excluding ortho intramolecular Hbond substituents is 1. The molecule has 3 rings (SSSR count). The van der Waals surface area contributed by atoms with Crippen LogP contribution in [0.1, 0.15) is 10.4 Å². The van der Waals surface area contributed by atoms with Crippen molar-refractivity contribution in [2.24, 2.45) is 0 Å². The SMILES string of the molecule is O=C(c1cc(Br)ccc1O)N1CC(N2CCNCC2)C1.